The summed E-state index contributed by atoms with van der Waals surface area (Å²) in [6, 6.07) is 18.7. The van der Waals surface area contributed by atoms with Crippen LogP contribution >= 0.6 is 0 Å². The number of esters is 1. The van der Waals surface area contributed by atoms with Crippen LogP contribution in [-0.4, -0.2) is 30.6 Å². The van der Waals surface area contributed by atoms with Crippen LogP contribution in [0.3, 0.4) is 0 Å². The van der Waals surface area contributed by atoms with Crippen molar-refractivity contribution in [2.75, 3.05) is 6.61 Å². The second-order valence-electron chi connectivity index (χ2n) is 7.38. The molecule has 0 spiro atoms. The highest BCUT2D eigenvalue weighted by molar-refractivity contribution is 5.89. The number of amides is 1. The Morgan fingerprint density at radius 1 is 1.00 bits per heavy atom. The molecular formula is C24H29NO4. The molecule has 0 radical (unpaired) electrons. The van der Waals surface area contributed by atoms with Gasteiger partial charge in [0.15, 0.2) is 6.10 Å². The lowest BCUT2D eigenvalue weighted by atomic mass is 9.86. The van der Waals surface area contributed by atoms with Crippen molar-refractivity contribution in [2.45, 2.75) is 57.3 Å². The Hall–Kier alpha value is -2.66. The Morgan fingerprint density at radius 3 is 2.00 bits per heavy atom. The van der Waals surface area contributed by atoms with Crippen LogP contribution in [0.4, 0.5) is 0 Å². The Balaban J connectivity index is 1.89. The smallest absolute Gasteiger partial charge is 0.348 e. The lowest BCUT2D eigenvalue weighted by Gasteiger charge is -2.33. The Kier molecular flexibility index (Phi) is 7.04. The molecule has 5 nitrogen and oxygen atoms in total. The van der Waals surface area contributed by atoms with Gasteiger partial charge >= 0.3 is 5.97 Å². The zero-order valence-corrected chi connectivity index (χ0v) is 17.1. The lowest BCUT2D eigenvalue weighted by molar-refractivity contribution is -0.175. The number of hydrogen-bond acceptors (Lipinski definition) is 4. The summed E-state index contributed by atoms with van der Waals surface area (Å²) in [5, 5.41) is 2.99. The van der Waals surface area contributed by atoms with E-state index in [9.17, 15) is 9.59 Å². The summed E-state index contributed by atoms with van der Waals surface area (Å²) in [7, 11) is 0. The van der Waals surface area contributed by atoms with Crippen molar-refractivity contribution >= 4 is 11.9 Å². The summed E-state index contributed by atoms with van der Waals surface area (Å²) in [4.78, 5) is 26.0. The Labute approximate surface area is 172 Å². The highest BCUT2D eigenvalue weighted by atomic mass is 16.6. The zero-order valence-electron chi connectivity index (χ0n) is 17.1. The standard InChI is InChI=1S/C24H29NO4/c1-3-28-24(19-12-6-4-7-13-19,20-14-8-5-9-15-20)23(27)29-18(2)22(26)25-21-16-10-11-17-21/h4-9,12-15,18,21H,3,10-11,16-17H2,1-2H3,(H,25,26)/t18-/m0/s1. The summed E-state index contributed by atoms with van der Waals surface area (Å²) in [6.07, 6.45) is 3.28. The number of ether oxygens (including phenoxy) is 2. The van der Waals surface area contributed by atoms with E-state index in [2.05, 4.69) is 5.32 Å². The molecule has 2 aromatic carbocycles. The largest absolute Gasteiger partial charge is 0.450 e. The minimum absolute atomic E-state index is 0.170. The molecule has 154 valence electrons. The fraction of sp³-hybridized carbons (Fsp3) is 0.417. The van der Waals surface area contributed by atoms with Crippen molar-refractivity contribution in [3.05, 3.63) is 71.8 Å². The number of nitrogens with one attached hydrogen (secondary N) is 1. The van der Waals surface area contributed by atoms with Crippen LogP contribution in [0.25, 0.3) is 0 Å². The SMILES string of the molecule is CCOC(C(=O)O[C@@H](C)C(=O)NC1CCCC1)(c1ccccc1)c1ccccc1. The predicted octanol–water partition coefficient (Wildman–Crippen LogP) is 3.96. The van der Waals surface area contributed by atoms with E-state index < -0.39 is 17.7 Å². The molecule has 2 aromatic rings. The molecule has 5 heteroatoms. The monoisotopic (exact) mass is 395 g/mol. The molecule has 29 heavy (non-hydrogen) atoms. The highest BCUT2D eigenvalue weighted by Gasteiger charge is 2.46. The van der Waals surface area contributed by atoms with E-state index in [1.54, 1.807) is 6.92 Å². The first-order chi connectivity index (χ1) is 14.1. The van der Waals surface area contributed by atoms with Gasteiger partial charge in [-0.1, -0.05) is 73.5 Å². The zero-order chi connectivity index (χ0) is 20.7. The van der Waals surface area contributed by atoms with Gasteiger partial charge in [-0.2, -0.15) is 0 Å². The van der Waals surface area contributed by atoms with E-state index in [1.165, 1.54) is 0 Å². The van der Waals surface area contributed by atoms with Gasteiger partial charge in [-0.3, -0.25) is 4.79 Å². The van der Waals surface area contributed by atoms with Crippen LogP contribution in [0, 0.1) is 0 Å². The van der Waals surface area contributed by atoms with Crippen molar-refractivity contribution in [3.63, 3.8) is 0 Å². The maximum Gasteiger partial charge on any atom is 0.348 e. The summed E-state index contributed by atoms with van der Waals surface area (Å²) < 4.78 is 11.7. The average molecular weight is 395 g/mol. The minimum atomic E-state index is -1.43. The van der Waals surface area contributed by atoms with Crippen LogP contribution in [0.5, 0.6) is 0 Å². The molecule has 1 amide bonds. The molecule has 0 aromatic heterocycles. The van der Waals surface area contributed by atoms with Crippen LogP contribution < -0.4 is 5.32 Å². The Morgan fingerprint density at radius 2 is 1.52 bits per heavy atom. The van der Waals surface area contributed by atoms with E-state index in [0.717, 1.165) is 25.7 Å². The third-order valence-corrected chi connectivity index (χ3v) is 5.36. The third-order valence-electron chi connectivity index (χ3n) is 5.36. The van der Waals surface area contributed by atoms with Crippen molar-refractivity contribution < 1.29 is 19.1 Å². The molecule has 1 fully saturated rings. The van der Waals surface area contributed by atoms with Crippen molar-refractivity contribution in [2.24, 2.45) is 0 Å². The van der Waals surface area contributed by atoms with E-state index >= 15 is 0 Å². The van der Waals surface area contributed by atoms with Gasteiger partial charge in [-0.05, 0) is 37.8 Å². The van der Waals surface area contributed by atoms with Crippen molar-refractivity contribution in [3.8, 4) is 0 Å². The molecule has 0 aliphatic heterocycles. The molecule has 0 bridgehead atoms. The van der Waals surface area contributed by atoms with Crippen LogP contribution in [-0.2, 0) is 24.7 Å². The van der Waals surface area contributed by atoms with Gasteiger partial charge < -0.3 is 14.8 Å². The van der Waals surface area contributed by atoms with Crippen molar-refractivity contribution in [1.29, 1.82) is 0 Å². The molecule has 0 saturated heterocycles. The van der Waals surface area contributed by atoms with Gasteiger partial charge in [-0.25, -0.2) is 4.79 Å². The number of carbonyl (C=O) groups is 2. The lowest BCUT2D eigenvalue weighted by Crippen LogP contribution is -2.46. The molecule has 0 heterocycles. The topological polar surface area (TPSA) is 64.6 Å². The van der Waals surface area contributed by atoms with Gasteiger partial charge in [0.1, 0.15) is 0 Å². The molecule has 0 unspecified atom stereocenters. The maximum atomic E-state index is 13.5. The maximum absolute atomic E-state index is 13.5. The quantitative estimate of drug-likeness (QED) is 0.687. The first kappa shape index (κ1) is 21.1. The van der Waals surface area contributed by atoms with Gasteiger partial charge in [-0.15, -0.1) is 0 Å². The van der Waals surface area contributed by atoms with Gasteiger partial charge in [0.05, 0.1) is 0 Å². The molecule has 1 atom stereocenters. The highest BCUT2D eigenvalue weighted by Crippen LogP contribution is 2.35. The van der Waals surface area contributed by atoms with Crippen LogP contribution in [0.2, 0.25) is 0 Å². The molecule has 3 rings (SSSR count). The third kappa shape index (κ3) is 4.67. The Bertz CT molecular complexity index is 761. The van der Waals surface area contributed by atoms with Gasteiger partial charge in [0.2, 0.25) is 5.60 Å². The summed E-state index contributed by atoms with van der Waals surface area (Å²) in [6.45, 7) is 3.75. The fourth-order valence-electron chi connectivity index (χ4n) is 3.88. The minimum Gasteiger partial charge on any atom is -0.450 e. The van der Waals surface area contributed by atoms with E-state index in [1.807, 2.05) is 67.6 Å². The van der Waals surface area contributed by atoms with Crippen LogP contribution in [0.15, 0.2) is 60.7 Å². The van der Waals surface area contributed by atoms with Crippen molar-refractivity contribution in [1.82, 2.24) is 5.32 Å². The van der Waals surface area contributed by atoms with E-state index in [4.69, 9.17) is 9.47 Å². The second kappa shape index (κ2) is 9.70. The number of carbonyl (C=O) groups excluding carboxylic acids is 2. The summed E-state index contributed by atoms with van der Waals surface area (Å²) in [5.74, 6) is -0.859. The van der Waals surface area contributed by atoms with Crippen LogP contribution in [0.1, 0.15) is 50.7 Å². The first-order valence-electron chi connectivity index (χ1n) is 10.3. The summed E-state index contributed by atoms with van der Waals surface area (Å²) >= 11 is 0. The fourth-order valence-corrected chi connectivity index (χ4v) is 3.88. The molecular weight excluding hydrogens is 366 g/mol. The first-order valence-corrected chi connectivity index (χ1v) is 10.3. The molecule has 1 aliphatic carbocycles. The number of hydrogen-bond donors (Lipinski definition) is 1. The number of rotatable bonds is 8. The predicted molar refractivity (Wildman–Crippen MR) is 111 cm³/mol. The molecule has 1 saturated carbocycles. The average Bonchev–Trinajstić information content (AvgIpc) is 3.26. The van der Waals surface area contributed by atoms with Gasteiger partial charge in [0, 0.05) is 12.6 Å². The normalized spacial score (nSPS) is 15.7. The second-order valence-corrected chi connectivity index (χ2v) is 7.38. The summed E-state index contributed by atoms with van der Waals surface area (Å²) in [5.41, 5.74) is -0.0954. The molecule has 1 N–H and O–H groups in total. The van der Waals surface area contributed by atoms with E-state index in [0.29, 0.717) is 17.7 Å². The number of benzene rings is 2. The van der Waals surface area contributed by atoms with E-state index in [-0.39, 0.29) is 11.9 Å². The molecule has 1 aliphatic rings. The van der Waals surface area contributed by atoms with Gasteiger partial charge in [0.25, 0.3) is 5.91 Å².